The molecule has 9 nitrogen and oxygen atoms in total. The third kappa shape index (κ3) is 52.0. The first kappa shape index (κ1) is 63.8. The minimum Gasteiger partial charge on any atom is -0.462 e. The zero-order valence-corrected chi connectivity index (χ0v) is 44.6. The highest BCUT2D eigenvalue weighted by molar-refractivity contribution is 7.47. The molecule has 10 heteroatoms. The quantitative estimate of drug-likeness (QED) is 0.0211. The first-order valence-corrected chi connectivity index (χ1v) is 29.4. The minimum absolute atomic E-state index is 0.0359. The van der Waals surface area contributed by atoms with Crippen LogP contribution in [0.15, 0.2) is 12.2 Å². The van der Waals surface area contributed by atoms with E-state index in [1.165, 1.54) is 212 Å². The van der Waals surface area contributed by atoms with Crippen LogP contribution in [0.4, 0.5) is 0 Å². The Kier molecular flexibility index (Phi) is 46.9. The van der Waals surface area contributed by atoms with Crippen molar-refractivity contribution in [1.29, 1.82) is 0 Å². The number of hydrogen-bond acceptors (Lipinski definition) is 7. The van der Waals surface area contributed by atoms with Crippen molar-refractivity contribution in [2.75, 3.05) is 47.5 Å². The number of esters is 2. The van der Waals surface area contributed by atoms with Crippen LogP contribution in [0.2, 0.25) is 0 Å². The van der Waals surface area contributed by atoms with Crippen LogP contribution in [-0.2, 0) is 32.7 Å². The number of carbonyl (C=O) groups is 2. The van der Waals surface area contributed by atoms with Gasteiger partial charge >= 0.3 is 19.8 Å². The van der Waals surface area contributed by atoms with E-state index < -0.39 is 26.5 Å². The summed E-state index contributed by atoms with van der Waals surface area (Å²) in [7, 11) is 1.49. The van der Waals surface area contributed by atoms with Gasteiger partial charge in [-0.3, -0.25) is 18.6 Å². The van der Waals surface area contributed by atoms with Crippen LogP contribution >= 0.6 is 7.82 Å². The fourth-order valence-corrected chi connectivity index (χ4v) is 8.93. The Labute approximate surface area is 403 Å². The number of hydrogen-bond donors (Lipinski definition) is 1. The number of nitrogens with zero attached hydrogens (tertiary/aromatic N) is 1. The molecule has 0 radical (unpaired) electrons. The van der Waals surface area contributed by atoms with Crippen molar-refractivity contribution < 1.29 is 42.1 Å². The number of allylic oxidation sites excluding steroid dienone is 2. The molecule has 0 aromatic rings. The average molecular weight is 943 g/mol. The van der Waals surface area contributed by atoms with Gasteiger partial charge in [0, 0.05) is 12.8 Å². The van der Waals surface area contributed by atoms with Gasteiger partial charge in [-0.05, 0) is 38.5 Å². The SMILES string of the molecule is CCCCCCCCCC/C=C\CCCCCCCCCCCCCCCCCCCC(=O)OC(COC(=O)CCCCCCCCCCCCCC)COP(=O)(O)OCC[N+](C)(C)C. The number of rotatable bonds is 52. The molecular formula is C55H109NO8P+. The van der Waals surface area contributed by atoms with Crippen LogP contribution in [0.3, 0.4) is 0 Å². The van der Waals surface area contributed by atoms with Crippen molar-refractivity contribution in [2.24, 2.45) is 0 Å². The summed E-state index contributed by atoms with van der Waals surface area (Å²) in [5.74, 6) is -0.782. The summed E-state index contributed by atoms with van der Waals surface area (Å²) in [5.41, 5.74) is 0. The molecule has 0 saturated carbocycles. The lowest BCUT2D eigenvalue weighted by Gasteiger charge is -2.24. The molecule has 0 fully saturated rings. The van der Waals surface area contributed by atoms with Gasteiger partial charge in [-0.15, -0.1) is 0 Å². The van der Waals surface area contributed by atoms with E-state index in [2.05, 4.69) is 26.0 Å². The van der Waals surface area contributed by atoms with Gasteiger partial charge in [0.1, 0.15) is 19.8 Å². The highest BCUT2D eigenvalue weighted by Gasteiger charge is 2.27. The van der Waals surface area contributed by atoms with E-state index >= 15 is 0 Å². The second-order valence-corrected chi connectivity index (χ2v) is 21.8. The maximum Gasteiger partial charge on any atom is 0.472 e. The van der Waals surface area contributed by atoms with Crippen molar-refractivity contribution >= 4 is 19.8 Å². The summed E-state index contributed by atoms with van der Waals surface area (Å²) in [5, 5.41) is 0. The van der Waals surface area contributed by atoms with Crippen LogP contribution in [0.1, 0.15) is 277 Å². The summed E-state index contributed by atoms with van der Waals surface area (Å²) in [6.07, 6.45) is 54.3. The molecule has 2 unspecified atom stereocenters. The Morgan fingerprint density at radius 1 is 0.462 bits per heavy atom. The van der Waals surface area contributed by atoms with Gasteiger partial charge in [0.25, 0.3) is 0 Å². The van der Waals surface area contributed by atoms with Crippen LogP contribution < -0.4 is 0 Å². The number of phosphoric acid groups is 1. The van der Waals surface area contributed by atoms with E-state index in [-0.39, 0.29) is 25.6 Å². The molecule has 2 atom stereocenters. The average Bonchev–Trinajstić information content (AvgIpc) is 3.26. The van der Waals surface area contributed by atoms with Crippen molar-refractivity contribution in [3.63, 3.8) is 0 Å². The van der Waals surface area contributed by atoms with Gasteiger partial charge in [0.05, 0.1) is 27.7 Å². The minimum atomic E-state index is -4.37. The molecule has 386 valence electrons. The molecule has 0 rings (SSSR count). The molecule has 0 aliphatic carbocycles. The van der Waals surface area contributed by atoms with E-state index in [0.29, 0.717) is 23.9 Å². The predicted octanol–water partition coefficient (Wildman–Crippen LogP) is 16.9. The molecule has 0 saturated heterocycles. The zero-order valence-electron chi connectivity index (χ0n) is 43.8. The second-order valence-electron chi connectivity index (χ2n) is 20.3. The number of carbonyl (C=O) groups excluding carboxylic acids is 2. The Morgan fingerprint density at radius 3 is 1.14 bits per heavy atom. The number of likely N-dealkylation sites (N-methyl/N-ethyl adjacent to an activating group) is 1. The number of unbranched alkanes of at least 4 members (excludes halogenated alkanes) is 36. The highest BCUT2D eigenvalue weighted by Crippen LogP contribution is 2.43. The molecular weight excluding hydrogens is 834 g/mol. The molecule has 0 heterocycles. The largest absolute Gasteiger partial charge is 0.472 e. The van der Waals surface area contributed by atoms with E-state index in [9.17, 15) is 19.0 Å². The molecule has 65 heavy (non-hydrogen) atoms. The molecule has 0 spiro atoms. The second kappa shape index (κ2) is 47.8. The molecule has 0 aromatic carbocycles. The number of quaternary nitrogens is 1. The molecule has 0 amide bonds. The summed E-state index contributed by atoms with van der Waals surface area (Å²) in [6.45, 7) is 4.47. The lowest BCUT2D eigenvalue weighted by molar-refractivity contribution is -0.870. The normalized spacial score (nSPS) is 13.4. The summed E-state index contributed by atoms with van der Waals surface area (Å²) < 4.78 is 34.5. The molecule has 0 aliphatic rings. The highest BCUT2D eigenvalue weighted by atomic mass is 31.2. The van der Waals surface area contributed by atoms with E-state index in [0.717, 1.165) is 32.1 Å². The van der Waals surface area contributed by atoms with Crippen molar-refractivity contribution in [1.82, 2.24) is 0 Å². The van der Waals surface area contributed by atoms with Gasteiger partial charge < -0.3 is 18.9 Å². The van der Waals surface area contributed by atoms with E-state index in [1.807, 2.05) is 21.1 Å². The summed E-state index contributed by atoms with van der Waals surface area (Å²) in [6, 6.07) is 0. The standard InChI is InChI=1S/C55H108NO8P/c1-6-8-10-12-14-16-18-20-21-22-23-24-25-26-27-28-29-30-31-32-33-34-35-36-38-40-42-44-46-48-55(58)64-53(52-63-65(59,60)62-50-49-56(3,4)5)51-61-54(57)47-45-43-41-39-37-19-17-15-13-11-9-7-2/h22-23,53H,6-21,24-52H2,1-5H3/p+1/b23-22-. The van der Waals surface area contributed by atoms with Gasteiger partial charge in [-0.1, -0.05) is 238 Å². The molecule has 0 aromatic heterocycles. The lowest BCUT2D eigenvalue weighted by Crippen LogP contribution is -2.37. The van der Waals surface area contributed by atoms with Crippen molar-refractivity contribution in [3.8, 4) is 0 Å². The van der Waals surface area contributed by atoms with E-state index in [4.69, 9.17) is 18.5 Å². The topological polar surface area (TPSA) is 108 Å². The van der Waals surface area contributed by atoms with Crippen LogP contribution in [0.25, 0.3) is 0 Å². The Hall–Kier alpha value is -1.25. The maximum absolute atomic E-state index is 12.8. The van der Waals surface area contributed by atoms with Gasteiger partial charge in [0.15, 0.2) is 6.10 Å². The first-order chi connectivity index (χ1) is 31.5. The number of ether oxygens (including phenoxy) is 2. The van der Waals surface area contributed by atoms with Crippen LogP contribution in [0.5, 0.6) is 0 Å². The molecule has 1 N–H and O–H groups in total. The zero-order chi connectivity index (χ0) is 47.8. The maximum atomic E-state index is 12.8. The lowest BCUT2D eigenvalue weighted by atomic mass is 10.0. The predicted molar refractivity (Wildman–Crippen MR) is 275 cm³/mol. The smallest absolute Gasteiger partial charge is 0.462 e. The third-order valence-electron chi connectivity index (χ3n) is 12.5. The Balaban J connectivity index is 4.02. The third-order valence-corrected chi connectivity index (χ3v) is 13.5. The fourth-order valence-electron chi connectivity index (χ4n) is 8.19. The summed E-state index contributed by atoms with van der Waals surface area (Å²) >= 11 is 0. The van der Waals surface area contributed by atoms with Crippen LogP contribution in [0, 0.1) is 0 Å². The molecule has 0 aliphatic heterocycles. The first-order valence-electron chi connectivity index (χ1n) is 27.9. The Bertz CT molecular complexity index is 1110. The fraction of sp³-hybridized carbons (Fsp3) is 0.927. The van der Waals surface area contributed by atoms with Crippen molar-refractivity contribution in [2.45, 2.75) is 283 Å². The number of phosphoric ester groups is 1. The van der Waals surface area contributed by atoms with E-state index in [1.54, 1.807) is 0 Å². The van der Waals surface area contributed by atoms with Crippen molar-refractivity contribution in [3.05, 3.63) is 12.2 Å². The Morgan fingerprint density at radius 2 is 0.785 bits per heavy atom. The summed E-state index contributed by atoms with van der Waals surface area (Å²) in [4.78, 5) is 35.5. The van der Waals surface area contributed by atoms with Crippen LogP contribution in [-0.4, -0.2) is 74.9 Å². The monoisotopic (exact) mass is 943 g/mol. The van der Waals surface area contributed by atoms with Gasteiger partial charge in [-0.2, -0.15) is 0 Å². The van der Waals surface area contributed by atoms with Gasteiger partial charge in [-0.25, -0.2) is 4.57 Å². The van der Waals surface area contributed by atoms with Gasteiger partial charge in [0.2, 0.25) is 0 Å². The molecule has 0 bridgehead atoms.